The molecule has 1 heteroatoms. The maximum Gasteiger partial charge on any atom is 0.293 e. The minimum absolute atomic E-state index is 0.697. The molecule has 0 heterocycles. The summed E-state index contributed by atoms with van der Waals surface area (Å²) in [6.45, 7) is -7.87. The molecule has 0 unspecified atom stereocenters. The van der Waals surface area contributed by atoms with Crippen molar-refractivity contribution in [2.75, 3.05) is 0 Å². The van der Waals surface area contributed by atoms with E-state index in [1.54, 1.807) is 0 Å². The molecular weight excluding hydrogens is 124 g/mol. The molecule has 10 heavy (non-hydrogen) atoms. The summed E-state index contributed by atoms with van der Waals surface area (Å²) in [5.41, 5.74) is -2.34. The first kappa shape index (κ1) is 1.45. The number of phenols is 1. The minimum atomic E-state index is -2.94. The second-order valence-corrected chi connectivity index (χ2v) is 1.74. The zero-order valence-electron chi connectivity index (χ0n) is 16.0. The van der Waals surface area contributed by atoms with E-state index in [2.05, 4.69) is 5.11 Å². The Morgan fingerprint density at radius 2 is 2.30 bits per heavy atom. The third-order valence-electron chi connectivity index (χ3n) is 1.05. The van der Waals surface area contributed by atoms with Gasteiger partial charge in [-0.05, 0) is 37.3 Å². The largest absolute Gasteiger partial charge is 0.507 e. The van der Waals surface area contributed by atoms with Crippen molar-refractivity contribution in [3.05, 3.63) is 28.8 Å². The van der Waals surface area contributed by atoms with Crippen LogP contribution in [0.1, 0.15) is 30.4 Å². The highest BCUT2D eigenvalue weighted by molar-refractivity contribution is 5.43. The molecule has 1 nitrogen and oxygen atoms in total. The van der Waals surface area contributed by atoms with E-state index >= 15 is 0 Å². The topological polar surface area (TPSA) is 20.2 Å². The Morgan fingerprint density at radius 1 is 1.50 bits per heavy atom. The fourth-order valence-electron chi connectivity index (χ4n) is 0.497. The van der Waals surface area contributed by atoms with E-state index < -0.39 is 55.1 Å². The molecule has 0 aromatic heterocycles. The van der Waals surface area contributed by atoms with E-state index in [-0.39, 0.29) is 0 Å². The number of hydrogen-bond acceptors (Lipinski definition) is 1. The van der Waals surface area contributed by atoms with E-state index in [0.29, 0.717) is 0 Å². The lowest BCUT2D eigenvalue weighted by Gasteiger charge is -2.04. The molecule has 0 spiro atoms. The Kier molecular flexibility index (Phi) is 0.337. The van der Waals surface area contributed by atoms with Gasteiger partial charge in [0.05, 0.1) is 2.74 Å². The third kappa shape index (κ3) is 0.991. The van der Waals surface area contributed by atoms with Crippen molar-refractivity contribution >= 4 is 0 Å². The Bertz CT molecular complexity index is 542. The highest BCUT2D eigenvalue weighted by atomic mass is 16.3. The fraction of sp³-hybridized carbons (Fsp3) is 0.333. The summed E-state index contributed by atoms with van der Waals surface area (Å²) in [5.74, 6) is -0.836. The third-order valence-corrected chi connectivity index (χ3v) is 1.05. The molecule has 1 aromatic carbocycles. The van der Waals surface area contributed by atoms with Crippen LogP contribution in [0, 0.1) is 20.6 Å². The average molecular weight is 147 g/mol. The minimum Gasteiger partial charge on any atom is -0.507 e. The van der Waals surface area contributed by atoms with E-state index in [1.165, 1.54) is 0 Å². The van der Waals surface area contributed by atoms with Crippen molar-refractivity contribution < 1.29 is 18.8 Å². The van der Waals surface area contributed by atoms with Gasteiger partial charge in [-0.1, -0.05) is 12.1 Å². The number of phenolic OH excluding ortho intramolecular Hbond substituents is 1. The van der Waals surface area contributed by atoms with E-state index in [9.17, 15) is 0 Å². The summed E-state index contributed by atoms with van der Waals surface area (Å²) < 4.78 is 81.1. The van der Waals surface area contributed by atoms with Gasteiger partial charge in [0.25, 0.3) is 1.43 Å². The second-order valence-electron chi connectivity index (χ2n) is 1.74. The molecule has 0 saturated carbocycles. The summed E-state index contributed by atoms with van der Waals surface area (Å²) in [7, 11) is 0. The van der Waals surface area contributed by atoms with Crippen LogP contribution in [0.25, 0.3) is 0 Å². The van der Waals surface area contributed by atoms with Crippen molar-refractivity contribution in [2.45, 2.75) is 20.6 Å². The smallest absolute Gasteiger partial charge is 0.293 e. The van der Waals surface area contributed by atoms with Crippen LogP contribution in [0.15, 0.2) is 12.1 Å². The first-order valence-electron chi connectivity index (χ1n) is 8.06. The number of benzene rings is 1. The Labute approximate surface area is 76.9 Å². The Balaban J connectivity index is 4.02. The van der Waals surface area contributed by atoms with Crippen molar-refractivity contribution in [1.29, 1.82) is 1.43 Å². The van der Waals surface area contributed by atoms with Gasteiger partial charge in [0.15, 0.2) is 0 Å². The molecule has 0 radical (unpaired) electrons. The first-order valence-corrected chi connectivity index (χ1v) is 2.49. The lowest BCUT2D eigenvalue weighted by molar-refractivity contribution is 0.466. The van der Waals surface area contributed by atoms with Crippen LogP contribution in [0.5, 0.6) is 5.75 Å². The molecule has 54 valence electrons. The predicted molar refractivity (Wildman–Crippen MR) is 42.3 cm³/mol. The van der Waals surface area contributed by atoms with Crippen LogP contribution in [0.2, 0.25) is 0 Å². The van der Waals surface area contributed by atoms with Crippen LogP contribution >= 0.6 is 0 Å². The van der Waals surface area contributed by atoms with E-state index in [1.807, 2.05) is 0 Å². The summed E-state index contributed by atoms with van der Waals surface area (Å²) >= 11 is 0. The molecule has 0 atom stereocenters. The molecule has 0 aliphatic heterocycles. The molecule has 0 saturated heterocycles. The molecule has 1 rings (SSSR count). The quantitative estimate of drug-likeness (QED) is 0.646. The van der Waals surface area contributed by atoms with Crippen molar-refractivity contribution in [1.82, 2.24) is 0 Å². The van der Waals surface area contributed by atoms with Crippen molar-refractivity contribution in [3.8, 4) is 5.75 Å². The lowest BCUT2D eigenvalue weighted by atomic mass is 10.1. The van der Waals surface area contributed by atoms with Gasteiger partial charge >= 0.3 is 0 Å². The van der Waals surface area contributed by atoms with Crippen LogP contribution in [-0.2, 0) is 0 Å². The van der Waals surface area contributed by atoms with E-state index in [4.69, 9.17) is 15.1 Å². The number of hydrogen-bond donors (Lipinski definition) is 1. The SMILES string of the molecule is [2H]Oc1c(C([2H])[2H])c(C([2H])([2H])[2H])c([2H])c([2H])c1C([2H])([2H])[2H]. The van der Waals surface area contributed by atoms with Gasteiger partial charge < -0.3 is 5.11 Å². The molecule has 0 fully saturated rings. The van der Waals surface area contributed by atoms with Gasteiger partial charge in [-0.25, -0.2) is 0 Å². The summed E-state index contributed by atoms with van der Waals surface area (Å²) in [6.07, 6.45) is 0. The normalized spacial score (nSPS) is 28.3. The first-order chi connectivity index (χ1) is 9.34. The highest BCUT2D eigenvalue weighted by Gasteiger charge is 2.00. The van der Waals surface area contributed by atoms with Crippen molar-refractivity contribution in [3.63, 3.8) is 0 Å². The van der Waals surface area contributed by atoms with Crippen LogP contribution < -0.4 is 0 Å². The Morgan fingerprint density at radius 3 is 2.90 bits per heavy atom. The van der Waals surface area contributed by atoms with Crippen LogP contribution in [0.4, 0.5) is 0 Å². The van der Waals surface area contributed by atoms with Gasteiger partial charge in [0, 0.05) is 11.0 Å². The molecule has 1 aromatic rings. The average Bonchev–Trinajstić information content (AvgIpc) is 2.27. The predicted octanol–water partition coefficient (Wildman–Crippen LogP) is 2.32. The van der Waals surface area contributed by atoms with E-state index in [0.717, 1.165) is 0 Å². The summed E-state index contributed by atoms with van der Waals surface area (Å²) in [5, 5.41) is 4.13. The summed E-state index contributed by atoms with van der Waals surface area (Å²) in [4.78, 5) is 0. The maximum absolute atomic E-state index is 7.70. The molecule has 0 aliphatic rings. The van der Waals surface area contributed by atoms with Gasteiger partial charge in [-0.2, -0.15) is 0 Å². The van der Waals surface area contributed by atoms with Crippen LogP contribution in [-0.4, -0.2) is 6.54 Å². The molecule has 0 aliphatic carbocycles. The van der Waals surface area contributed by atoms with Crippen LogP contribution in [0.3, 0.4) is 0 Å². The molecule has 0 bridgehead atoms. The standard InChI is InChI=1S/C9H12O/c1-6-4-5-7(2)9(10)8(6)3/h4-5,10H,1-3H3/i1D3,2D3,3D2,4D,5D/hD. The number of rotatable bonds is 1. The molecule has 1 N–H and O–H groups in total. The monoisotopic (exact) mass is 147 g/mol. The van der Waals surface area contributed by atoms with Gasteiger partial charge in [-0.15, -0.1) is 0 Å². The summed E-state index contributed by atoms with van der Waals surface area (Å²) in [6, 6.07) is -1.81. The lowest BCUT2D eigenvalue weighted by Crippen LogP contribution is -1.83. The maximum atomic E-state index is 7.70. The number of aromatic hydroxyl groups is 1. The zero-order valence-corrected chi connectivity index (χ0v) is 4.99. The van der Waals surface area contributed by atoms with Gasteiger partial charge in [0.1, 0.15) is 5.75 Å². The Hall–Kier alpha value is -0.980. The van der Waals surface area contributed by atoms with Gasteiger partial charge in [-0.3, -0.25) is 0 Å². The zero-order chi connectivity index (χ0) is 16.7. The highest BCUT2D eigenvalue weighted by Crippen LogP contribution is 2.23. The second kappa shape index (κ2) is 2.33. The molecular formula is C9H12O. The van der Waals surface area contributed by atoms with Crippen molar-refractivity contribution in [2.24, 2.45) is 0 Å². The van der Waals surface area contributed by atoms with Gasteiger partial charge in [0.2, 0.25) is 0 Å². The fourth-order valence-corrected chi connectivity index (χ4v) is 0.497. The molecule has 0 amide bonds.